The van der Waals surface area contributed by atoms with E-state index in [-0.39, 0.29) is 11.9 Å². The summed E-state index contributed by atoms with van der Waals surface area (Å²) in [7, 11) is 2.99. The summed E-state index contributed by atoms with van der Waals surface area (Å²) in [5.41, 5.74) is 2.79. The molecule has 0 atom stereocenters. The molecule has 4 rings (SSSR count). The first-order valence-corrected chi connectivity index (χ1v) is 11.8. The number of benzene rings is 2. The van der Waals surface area contributed by atoms with E-state index in [1.165, 1.54) is 7.11 Å². The standard InChI is InChI=1S/C26H32N4O4/c1-4-14-29(20-10-12-27-13-11-20)25(31)24-28-22-16-19(26(32)34-3)8-9-23(22)30(24)17-18-6-5-7-21(15-18)33-2/h5-9,15-16,20,27H,4,10-14,17H2,1-3H3. The van der Waals surface area contributed by atoms with E-state index < -0.39 is 5.97 Å². The minimum Gasteiger partial charge on any atom is -0.497 e. The number of hydrogen-bond acceptors (Lipinski definition) is 6. The summed E-state index contributed by atoms with van der Waals surface area (Å²) in [4.78, 5) is 32.7. The number of hydrogen-bond donors (Lipinski definition) is 1. The van der Waals surface area contributed by atoms with Crippen LogP contribution in [0.1, 0.15) is 52.7 Å². The maximum absolute atomic E-state index is 13.9. The number of rotatable bonds is 8. The molecule has 0 bridgehead atoms. The Morgan fingerprint density at radius 2 is 1.94 bits per heavy atom. The number of carbonyl (C=O) groups excluding carboxylic acids is 2. The minimum atomic E-state index is -0.431. The molecule has 1 aromatic heterocycles. The molecular weight excluding hydrogens is 432 g/mol. The van der Waals surface area contributed by atoms with E-state index in [0.29, 0.717) is 30.0 Å². The molecule has 0 spiro atoms. The fourth-order valence-corrected chi connectivity index (χ4v) is 4.59. The van der Waals surface area contributed by atoms with Gasteiger partial charge in [-0.15, -0.1) is 0 Å². The third kappa shape index (κ3) is 4.92. The molecule has 3 aromatic rings. The van der Waals surface area contributed by atoms with Crippen molar-refractivity contribution in [2.75, 3.05) is 33.9 Å². The van der Waals surface area contributed by atoms with Crippen LogP contribution in [0.3, 0.4) is 0 Å². The lowest BCUT2D eigenvalue weighted by Crippen LogP contribution is -2.47. The van der Waals surface area contributed by atoms with E-state index in [9.17, 15) is 9.59 Å². The van der Waals surface area contributed by atoms with E-state index in [2.05, 4.69) is 12.2 Å². The van der Waals surface area contributed by atoms with Gasteiger partial charge in [-0.3, -0.25) is 4.79 Å². The number of esters is 1. The van der Waals surface area contributed by atoms with Crippen molar-refractivity contribution in [1.82, 2.24) is 19.8 Å². The average molecular weight is 465 g/mol. The first-order chi connectivity index (χ1) is 16.5. The SMILES string of the molecule is CCCN(C(=O)c1nc2cc(C(=O)OC)ccc2n1Cc1cccc(OC)c1)C1CCNCC1. The maximum Gasteiger partial charge on any atom is 0.337 e. The first-order valence-electron chi connectivity index (χ1n) is 11.8. The molecule has 8 nitrogen and oxygen atoms in total. The van der Waals surface area contributed by atoms with Crippen LogP contribution in [0.25, 0.3) is 11.0 Å². The smallest absolute Gasteiger partial charge is 0.337 e. The van der Waals surface area contributed by atoms with Gasteiger partial charge in [0, 0.05) is 19.1 Å². The lowest BCUT2D eigenvalue weighted by molar-refractivity contribution is 0.0598. The zero-order chi connectivity index (χ0) is 24.1. The molecule has 2 heterocycles. The Labute approximate surface area is 199 Å². The average Bonchev–Trinajstić information content (AvgIpc) is 3.24. The molecule has 1 amide bonds. The highest BCUT2D eigenvalue weighted by Gasteiger charge is 2.29. The Morgan fingerprint density at radius 1 is 1.15 bits per heavy atom. The molecule has 180 valence electrons. The van der Waals surface area contributed by atoms with Crippen molar-refractivity contribution in [3.05, 3.63) is 59.4 Å². The van der Waals surface area contributed by atoms with Crippen LogP contribution in [-0.4, -0.2) is 66.2 Å². The second kappa shape index (κ2) is 10.7. The quantitative estimate of drug-likeness (QED) is 0.514. The van der Waals surface area contributed by atoms with Gasteiger partial charge in [-0.05, 0) is 68.2 Å². The highest BCUT2D eigenvalue weighted by Crippen LogP contribution is 2.24. The van der Waals surface area contributed by atoms with Crippen LogP contribution in [0.15, 0.2) is 42.5 Å². The molecule has 1 N–H and O–H groups in total. The predicted octanol–water partition coefficient (Wildman–Crippen LogP) is 3.48. The molecule has 34 heavy (non-hydrogen) atoms. The van der Waals surface area contributed by atoms with Gasteiger partial charge in [-0.25, -0.2) is 9.78 Å². The van der Waals surface area contributed by atoms with Gasteiger partial charge in [0.15, 0.2) is 0 Å². The lowest BCUT2D eigenvalue weighted by atomic mass is 10.0. The number of imidazole rings is 1. The fourth-order valence-electron chi connectivity index (χ4n) is 4.59. The van der Waals surface area contributed by atoms with Crippen LogP contribution in [-0.2, 0) is 11.3 Å². The first kappa shape index (κ1) is 23.8. The van der Waals surface area contributed by atoms with Crippen molar-refractivity contribution in [1.29, 1.82) is 0 Å². The van der Waals surface area contributed by atoms with Crippen molar-refractivity contribution < 1.29 is 19.1 Å². The molecular formula is C26H32N4O4. The molecule has 1 aliphatic heterocycles. The second-order valence-corrected chi connectivity index (χ2v) is 8.55. The zero-order valence-corrected chi connectivity index (χ0v) is 20.0. The van der Waals surface area contributed by atoms with Gasteiger partial charge in [0.2, 0.25) is 5.82 Å². The van der Waals surface area contributed by atoms with E-state index in [1.807, 2.05) is 39.8 Å². The van der Waals surface area contributed by atoms with E-state index in [0.717, 1.165) is 49.2 Å². The molecule has 8 heteroatoms. The van der Waals surface area contributed by atoms with Crippen LogP contribution < -0.4 is 10.1 Å². The van der Waals surface area contributed by atoms with Crippen molar-refractivity contribution in [2.45, 2.75) is 38.8 Å². The number of methoxy groups -OCH3 is 2. The number of nitrogens with zero attached hydrogens (tertiary/aromatic N) is 3. The van der Waals surface area contributed by atoms with Crippen LogP contribution in [0.4, 0.5) is 0 Å². The van der Waals surface area contributed by atoms with Crippen molar-refractivity contribution in [2.24, 2.45) is 0 Å². The molecule has 2 aromatic carbocycles. The van der Waals surface area contributed by atoms with Gasteiger partial charge in [0.1, 0.15) is 5.75 Å². The van der Waals surface area contributed by atoms with Gasteiger partial charge < -0.3 is 24.3 Å². The number of amides is 1. The van der Waals surface area contributed by atoms with Crippen LogP contribution in [0, 0.1) is 0 Å². The van der Waals surface area contributed by atoms with Gasteiger partial charge in [0.05, 0.1) is 30.8 Å². The Bertz CT molecular complexity index is 1170. The molecule has 1 fully saturated rings. The van der Waals surface area contributed by atoms with Gasteiger partial charge in [-0.2, -0.15) is 0 Å². The van der Waals surface area contributed by atoms with Crippen LogP contribution >= 0.6 is 0 Å². The number of fused-ring (bicyclic) bond motifs is 1. The molecule has 0 unspecified atom stereocenters. The number of carbonyl (C=O) groups is 2. The summed E-state index contributed by atoms with van der Waals surface area (Å²) in [6.45, 7) is 5.03. The number of ether oxygens (including phenoxy) is 2. The molecule has 1 saturated heterocycles. The Kier molecular flexibility index (Phi) is 7.47. The van der Waals surface area contributed by atoms with Gasteiger partial charge in [0.25, 0.3) is 5.91 Å². The highest BCUT2D eigenvalue weighted by atomic mass is 16.5. The third-order valence-electron chi connectivity index (χ3n) is 6.31. The Morgan fingerprint density at radius 3 is 2.65 bits per heavy atom. The number of piperidine rings is 1. The second-order valence-electron chi connectivity index (χ2n) is 8.55. The summed E-state index contributed by atoms with van der Waals surface area (Å²) >= 11 is 0. The van der Waals surface area contributed by atoms with Gasteiger partial charge >= 0.3 is 5.97 Å². The van der Waals surface area contributed by atoms with Crippen LogP contribution in [0.5, 0.6) is 5.75 Å². The largest absolute Gasteiger partial charge is 0.497 e. The van der Waals surface area contributed by atoms with E-state index in [1.54, 1.807) is 19.2 Å². The topological polar surface area (TPSA) is 85.7 Å². The Balaban J connectivity index is 1.79. The summed E-state index contributed by atoms with van der Waals surface area (Å²) in [5.74, 6) is 0.629. The normalized spacial score (nSPS) is 14.2. The third-order valence-corrected chi connectivity index (χ3v) is 6.31. The van der Waals surface area contributed by atoms with Crippen molar-refractivity contribution in [3.8, 4) is 5.75 Å². The summed E-state index contributed by atoms with van der Waals surface area (Å²) in [5, 5.41) is 3.37. The molecule has 0 aliphatic carbocycles. The van der Waals surface area contributed by atoms with Crippen LogP contribution in [0.2, 0.25) is 0 Å². The van der Waals surface area contributed by atoms with Gasteiger partial charge in [-0.1, -0.05) is 19.1 Å². The van der Waals surface area contributed by atoms with E-state index >= 15 is 0 Å². The molecule has 1 aliphatic rings. The van der Waals surface area contributed by atoms with Crippen molar-refractivity contribution >= 4 is 22.9 Å². The summed E-state index contributed by atoms with van der Waals surface area (Å²) in [6.07, 6.45) is 2.72. The summed E-state index contributed by atoms with van der Waals surface area (Å²) in [6, 6.07) is 13.2. The number of nitrogens with one attached hydrogen (secondary N) is 1. The zero-order valence-electron chi connectivity index (χ0n) is 20.0. The lowest BCUT2D eigenvalue weighted by Gasteiger charge is -2.34. The molecule has 0 radical (unpaired) electrons. The minimum absolute atomic E-state index is 0.0764. The monoisotopic (exact) mass is 464 g/mol. The predicted molar refractivity (Wildman–Crippen MR) is 130 cm³/mol. The van der Waals surface area contributed by atoms with Crippen molar-refractivity contribution in [3.63, 3.8) is 0 Å². The highest BCUT2D eigenvalue weighted by molar-refractivity contribution is 5.98. The Hall–Kier alpha value is -3.39. The van der Waals surface area contributed by atoms with E-state index in [4.69, 9.17) is 14.5 Å². The molecule has 0 saturated carbocycles. The number of aromatic nitrogens is 2. The summed E-state index contributed by atoms with van der Waals surface area (Å²) < 4.78 is 12.2. The fraction of sp³-hybridized carbons (Fsp3) is 0.423. The maximum atomic E-state index is 13.9.